The zero-order valence-electron chi connectivity index (χ0n) is 11.5. The Morgan fingerprint density at radius 1 is 1.06 bits per heavy atom. The largest absolute Gasteiger partial charge is 0.314 e. The van der Waals surface area contributed by atoms with Gasteiger partial charge in [-0.15, -0.1) is 0 Å². The molecule has 2 atom stereocenters. The fourth-order valence-corrected chi connectivity index (χ4v) is 3.34. The Hall–Kier alpha value is -0.0800. The van der Waals surface area contributed by atoms with Crippen molar-refractivity contribution in [2.45, 2.75) is 64.5 Å². The minimum absolute atomic E-state index is 0.599. The summed E-state index contributed by atoms with van der Waals surface area (Å²) < 4.78 is 0. The molecule has 3 rings (SSSR count). The zero-order valence-corrected chi connectivity index (χ0v) is 11.5. The maximum atomic E-state index is 3.72. The standard InChI is InChI=1S/C15H28N2/c1-15(2)7-9-17(10-8-15)14-6-3-12(14)11-16-13-4-5-13/h12-14,16H,3-11H2,1-2H3. The quantitative estimate of drug-likeness (QED) is 0.807. The molecule has 0 amide bonds. The van der Waals surface area contributed by atoms with Crippen LogP contribution in [0.25, 0.3) is 0 Å². The maximum absolute atomic E-state index is 3.72. The number of nitrogens with zero attached hydrogens (tertiary/aromatic N) is 1. The van der Waals surface area contributed by atoms with Crippen LogP contribution in [0, 0.1) is 11.3 Å². The van der Waals surface area contributed by atoms with Crippen molar-refractivity contribution >= 4 is 0 Å². The minimum Gasteiger partial charge on any atom is -0.314 e. The number of rotatable bonds is 4. The summed E-state index contributed by atoms with van der Waals surface area (Å²) in [4.78, 5) is 2.79. The lowest BCUT2D eigenvalue weighted by Gasteiger charge is -2.48. The zero-order chi connectivity index (χ0) is 11.9. The van der Waals surface area contributed by atoms with Crippen molar-refractivity contribution in [3.05, 3.63) is 0 Å². The predicted octanol–water partition coefficient (Wildman–Crippen LogP) is 2.64. The van der Waals surface area contributed by atoms with Crippen molar-refractivity contribution in [2.75, 3.05) is 19.6 Å². The molecule has 1 aliphatic heterocycles. The van der Waals surface area contributed by atoms with Gasteiger partial charge in [-0.05, 0) is 69.5 Å². The molecule has 3 aliphatic rings. The molecule has 0 aromatic rings. The van der Waals surface area contributed by atoms with Gasteiger partial charge >= 0.3 is 0 Å². The molecule has 17 heavy (non-hydrogen) atoms. The van der Waals surface area contributed by atoms with Crippen molar-refractivity contribution in [3.8, 4) is 0 Å². The molecule has 2 nitrogen and oxygen atoms in total. The van der Waals surface area contributed by atoms with Crippen LogP contribution in [0.3, 0.4) is 0 Å². The van der Waals surface area contributed by atoms with Crippen molar-refractivity contribution in [3.63, 3.8) is 0 Å². The smallest absolute Gasteiger partial charge is 0.0136 e. The van der Waals surface area contributed by atoms with Crippen molar-refractivity contribution in [1.82, 2.24) is 10.2 Å². The van der Waals surface area contributed by atoms with Crippen LogP contribution in [-0.4, -0.2) is 36.6 Å². The molecular formula is C15H28N2. The Kier molecular flexibility index (Phi) is 3.20. The summed E-state index contributed by atoms with van der Waals surface area (Å²) in [5.41, 5.74) is 0.599. The third-order valence-electron chi connectivity index (χ3n) is 5.24. The second kappa shape index (κ2) is 4.55. The SMILES string of the molecule is CC1(C)CCN(C2CCC2CNC2CC2)CC1. The topological polar surface area (TPSA) is 15.3 Å². The fourth-order valence-electron chi connectivity index (χ4n) is 3.34. The number of likely N-dealkylation sites (tertiary alicyclic amines) is 1. The molecule has 2 saturated carbocycles. The van der Waals surface area contributed by atoms with Gasteiger partial charge in [0.15, 0.2) is 0 Å². The van der Waals surface area contributed by atoms with Gasteiger partial charge < -0.3 is 10.2 Å². The summed E-state index contributed by atoms with van der Waals surface area (Å²) in [6.45, 7) is 8.83. The van der Waals surface area contributed by atoms with E-state index in [1.54, 1.807) is 0 Å². The Morgan fingerprint density at radius 3 is 2.29 bits per heavy atom. The molecule has 0 aromatic carbocycles. The van der Waals surface area contributed by atoms with Crippen LogP contribution >= 0.6 is 0 Å². The van der Waals surface area contributed by atoms with E-state index < -0.39 is 0 Å². The second-order valence-corrected chi connectivity index (χ2v) is 7.29. The summed E-state index contributed by atoms with van der Waals surface area (Å²) in [5, 5.41) is 3.72. The van der Waals surface area contributed by atoms with Crippen molar-refractivity contribution in [2.24, 2.45) is 11.3 Å². The fraction of sp³-hybridized carbons (Fsp3) is 1.00. The minimum atomic E-state index is 0.599. The highest BCUT2D eigenvalue weighted by Gasteiger charge is 2.38. The first-order chi connectivity index (χ1) is 8.14. The molecule has 1 N–H and O–H groups in total. The van der Waals surface area contributed by atoms with Crippen LogP contribution in [0.15, 0.2) is 0 Å². The first kappa shape index (κ1) is 12.0. The highest BCUT2D eigenvalue weighted by atomic mass is 15.2. The molecule has 1 saturated heterocycles. The van der Waals surface area contributed by atoms with Crippen LogP contribution in [0.2, 0.25) is 0 Å². The average molecular weight is 236 g/mol. The highest BCUT2D eigenvalue weighted by molar-refractivity contribution is 4.94. The van der Waals surface area contributed by atoms with Gasteiger partial charge in [-0.3, -0.25) is 0 Å². The number of hydrogen-bond donors (Lipinski definition) is 1. The summed E-state index contributed by atoms with van der Waals surface area (Å²) >= 11 is 0. The third-order valence-corrected chi connectivity index (χ3v) is 5.24. The van der Waals surface area contributed by atoms with Gasteiger partial charge in [0.1, 0.15) is 0 Å². The third kappa shape index (κ3) is 2.85. The van der Waals surface area contributed by atoms with E-state index in [1.165, 1.54) is 58.2 Å². The summed E-state index contributed by atoms with van der Waals surface area (Å²) in [6.07, 6.45) is 8.56. The molecule has 98 valence electrons. The monoisotopic (exact) mass is 236 g/mol. The van der Waals surface area contributed by atoms with Crippen LogP contribution < -0.4 is 5.32 Å². The molecule has 0 bridgehead atoms. The Balaban J connectivity index is 1.44. The van der Waals surface area contributed by atoms with Gasteiger partial charge in [-0.25, -0.2) is 0 Å². The average Bonchev–Trinajstić information content (AvgIpc) is 3.03. The summed E-state index contributed by atoms with van der Waals surface area (Å²) in [7, 11) is 0. The lowest BCUT2D eigenvalue weighted by atomic mass is 9.75. The maximum Gasteiger partial charge on any atom is 0.0136 e. The van der Waals surface area contributed by atoms with E-state index in [0.717, 1.165) is 18.0 Å². The molecule has 0 aromatic heterocycles. The Morgan fingerprint density at radius 2 is 1.76 bits per heavy atom. The first-order valence-corrected chi connectivity index (χ1v) is 7.61. The lowest BCUT2D eigenvalue weighted by Crippen LogP contribution is -2.53. The molecule has 2 unspecified atom stereocenters. The van der Waals surface area contributed by atoms with Crippen LogP contribution in [0.1, 0.15) is 52.4 Å². The number of hydrogen-bond acceptors (Lipinski definition) is 2. The Bertz CT molecular complexity index is 260. The van der Waals surface area contributed by atoms with E-state index in [9.17, 15) is 0 Å². The van der Waals surface area contributed by atoms with Gasteiger partial charge in [0.05, 0.1) is 0 Å². The van der Waals surface area contributed by atoms with E-state index in [4.69, 9.17) is 0 Å². The van der Waals surface area contributed by atoms with Gasteiger partial charge in [0, 0.05) is 12.1 Å². The molecule has 3 fully saturated rings. The van der Waals surface area contributed by atoms with Crippen LogP contribution in [-0.2, 0) is 0 Å². The Labute approximate surface area is 106 Å². The normalized spacial score (nSPS) is 37.8. The molecule has 0 radical (unpaired) electrons. The molecular weight excluding hydrogens is 208 g/mol. The second-order valence-electron chi connectivity index (χ2n) is 7.29. The highest BCUT2D eigenvalue weighted by Crippen LogP contribution is 2.37. The van der Waals surface area contributed by atoms with Gasteiger partial charge in [0.2, 0.25) is 0 Å². The molecule has 1 heterocycles. The van der Waals surface area contributed by atoms with Crippen molar-refractivity contribution < 1.29 is 0 Å². The summed E-state index contributed by atoms with van der Waals surface area (Å²) in [5.74, 6) is 0.955. The van der Waals surface area contributed by atoms with E-state index in [-0.39, 0.29) is 0 Å². The molecule has 2 heteroatoms. The summed E-state index contributed by atoms with van der Waals surface area (Å²) in [6, 6.07) is 1.80. The van der Waals surface area contributed by atoms with E-state index in [1.807, 2.05) is 0 Å². The van der Waals surface area contributed by atoms with Gasteiger partial charge in [-0.1, -0.05) is 13.8 Å². The number of piperidine rings is 1. The molecule has 0 spiro atoms. The van der Waals surface area contributed by atoms with Gasteiger partial charge in [0.25, 0.3) is 0 Å². The lowest BCUT2D eigenvalue weighted by molar-refractivity contribution is 0.0177. The van der Waals surface area contributed by atoms with Crippen LogP contribution in [0.4, 0.5) is 0 Å². The van der Waals surface area contributed by atoms with Crippen LogP contribution in [0.5, 0.6) is 0 Å². The predicted molar refractivity (Wildman–Crippen MR) is 72.1 cm³/mol. The first-order valence-electron chi connectivity index (χ1n) is 7.61. The van der Waals surface area contributed by atoms with Crippen molar-refractivity contribution in [1.29, 1.82) is 0 Å². The van der Waals surface area contributed by atoms with Gasteiger partial charge in [-0.2, -0.15) is 0 Å². The van der Waals surface area contributed by atoms with E-state index in [2.05, 4.69) is 24.1 Å². The van der Waals surface area contributed by atoms with E-state index in [0.29, 0.717) is 5.41 Å². The number of nitrogens with one attached hydrogen (secondary N) is 1. The van der Waals surface area contributed by atoms with E-state index >= 15 is 0 Å². The molecule has 2 aliphatic carbocycles.